The number of allylic oxidation sites excluding steroid dienone is 2. The van der Waals surface area contributed by atoms with Crippen LogP contribution in [0.1, 0.15) is 0 Å². The van der Waals surface area contributed by atoms with Crippen molar-refractivity contribution in [2.75, 3.05) is 11.6 Å². The van der Waals surface area contributed by atoms with Gasteiger partial charge in [0.05, 0.1) is 10.6 Å². The highest BCUT2D eigenvalue weighted by Gasteiger charge is 2.12. The smallest absolute Gasteiger partial charge is 0.175 e. The molecule has 1 aromatic carbocycles. The average Bonchev–Trinajstić information content (AvgIpc) is 2.39. The molecule has 0 aromatic heterocycles. The van der Waals surface area contributed by atoms with Gasteiger partial charge in [0.2, 0.25) is 0 Å². The average molecular weight is 351 g/mol. The first-order chi connectivity index (χ1) is 9.33. The maximum Gasteiger partial charge on any atom is 0.175 e. The monoisotopic (exact) mass is 350 g/mol. The summed E-state index contributed by atoms with van der Waals surface area (Å²) in [6, 6.07) is 9.07. The van der Waals surface area contributed by atoms with E-state index in [0.717, 1.165) is 6.26 Å². The van der Waals surface area contributed by atoms with Crippen molar-refractivity contribution in [3.05, 3.63) is 33.9 Å². The second kappa shape index (κ2) is 6.21. The number of sulfone groups is 1. The van der Waals surface area contributed by atoms with E-state index >= 15 is 0 Å². The fourth-order valence-corrected chi connectivity index (χ4v) is 2.52. The van der Waals surface area contributed by atoms with Gasteiger partial charge in [-0.05, 0) is 34.1 Å². The van der Waals surface area contributed by atoms with Crippen molar-refractivity contribution in [2.45, 2.75) is 4.90 Å². The summed E-state index contributed by atoms with van der Waals surface area (Å²) in [4.78, 5) is 0.109. The number of nitriles is 3. The molecule has 0 aliphatic heterocycles. The van der Waals surface area contributed by atoms with Crippen LogP contribution in [-0.2, 0) is 9.84 Å². The Balaban J connectivity index is 3.27. The fourth-order valence-electron chi connectivity index (χ4n) is 1.25. The van der Waals surface area contributed by atoms with Gasteiger partial charge in [-0.2, -0.15) is 15.8 Å². The number of rotatable bonds is 3. The summed E-state index contributed by atoms with van der Waals surface area (Å²) in [6.45, 7) is 0. The molecule has 0 unspecified atom stereocenters. The number of hydrogen-bond donors (Lipinski definition) is 1. The highest BCUT2D eigenvalue weighted by atomic mass is 79.9. The molecule has 0 atom stereocenters. The summed E-state index contributed by atoms with van der Waals surface area (Å²) in [7, 11) is -3.34. The second-order valence-corrected chi connectivity index (χ2v) is 6.49. The molecule has 100 valence electrons. The molecular formula is C12H7BrN4O2S. The van der Waals surface area contributed by atoms with Crippen molar-refractivity contribution in [1.82, 2.24) is 0 Å². The molecule has 0 saturated carbocycles. The molecular weight excluding hydrogens is 344 g/mol. The first-order valence-corrected chi connectivity index (χ1v) is 7.73. The third-order valence-electron chi connectivity index (χ3n) is 2.21. The third-order valence-corrected chi connectivity index (χ3v) is 3.98. The van der Waals surface area contributed by atoms with Crippen molar-refractivity contribution < 1.29 is 8.42 Å². The molecule has 0 aliphatic carbocycles. The lowest BCUT2D eigenvalue weighted by molar-refractivity contribution is 0.602. The highest BCUT2D eigenvalue weighted by molar-refractivity contribution is 9.10. The molecule has 1 rings (SSSR count). The number of benzene rings is 1. The molecule has 0 saturated heterocycles. The Bertz CT molecular complexity index is 791. The molecule has 0 amide bonds. The Hall–Kier alpha value is -2.34. The molecule has 0 spiro atoms. The fraction of sp³-hybridized carbons (Fsp3) is 0.0833. The van der Waals surface area contributed by atoms with Crippen LogP contribution in [0, 0.1) is 34.0 Å². The number of nitrogens with one attached hydrogen (secondary N) is 1. The third kappa shape index (κ3) is 3.58. The molecule has 6 nitrogen and oxygen atoms in total. The molecule has 0 aliphatic rings. The van der Waals surface area contributed by atoms with E-state index in [2.05, 4.69) is 21.2 Å². The van der Waals surface area contributed by atoms with Crippen molar-refractivity contribution in [1.29, 1.82) is 15.8 Å². The normalized spacial score (nSPS) is 9.75. The summed E-state index contributed by atoms with van der Waals surface area (Å²) >= 11 is 3.17. The van der Waals surface area contributed by atoms with Crippen LogP contribution >= 0.6 is 15.9 Å². The van der Waals surface area contributed by atoms with Gasteiger partial charge in [-0.15, -0.1) is 0 Å². The van der Waals surface area contributed by atoms with Gasteiger partial charge in [-0.3, -0.25) is 0 Å². The number of hydrogen-bond acceptors (Lipinski definition) is 6. The number of halogens is 1. The van der Waals surface area contributed by atoms with Crippen molar-refractivity contribution in [3.8, 4) is 18.2 Å². The predicted octanol–water partition coefficient (Wildman–Crippen LogP) is 2.09. The van der Waals surface area contributed by atoms with Crippen LogP contribution in [0.4, 0.5) is 5.69 Å². The van der Waals surface area contributed by atoms with Crippen molar-refractivity contribution in [2.24, 2.45) is 0 Å². The Morgan fingerprint density at radius 3 is 2.20 bits per heavy atom. The first-order valence-electron chi connectivity index (χ1n) is 5.04. The number of nitrogens with zero attached hydrogens (tertiary/aromatic N) is 3. The Labute approximate surface area is 124 Å². The minimum atomic E-state index is -3.34. The SMILES string of the molecule is CS(=O)(=O)c1ccc(NC(C#N)=C(C#N)C#N)c(Br)c1. The maximum atomic E-state index is 11.4. The summed E-state index contributed by atoms with van der Waals surface area (Å²) in [6.07, 6.45) is 1.08. The molecule has 0 heterocycles. The molecule has 8 heteroatoms. The molecule has 20 heavy (non-hydrogen) atoms. The van der Waals surface area contributed by atoms with Gasteiger partial charge in [-0.1, -0.05) is 0 Å². The zero-order chi connectivity index (χ0) is 15.3. The summed E-state index contributed by atoms with van der Waals surface area (Å²) in [5.74, 6) is 0. The van der Waals surface area contributed by atoms with Crippen LogP contribution in [0.15, 0.2) is 38.8 Å². The lowest BCUT2D eigenvalue weighted by Crippen LogP contribution is -2.03. The zero-order valence-corrected chi connectivity index (χ0v) is 12.6. The van der Waals surface area contributed by atoms with E-state index in [1.165, 1.54) is 18.2 Å². The molecule has 0 radical (unpaired) electrons. The van der Waals surface area contributed by atoms with Crippen LogP contribution in [-0.4, -0.2) is 14.7 Å². The maximum absolute atomic E-state index is 11.4. The topological polar surface area (TPSA) is 118 Å². The van der Waals surface area contributed by atoms with E-state index in [0.29, 0.717) is 10.2 Å². The van der Waals surface area contributed by atoms with Gasteiger partial charge in [-0.25, -0.2) is 8.42 Å². The molecule has 1 aromatic rings. The van der Waals surface area contributed by atoms with Crippen LogP contribution in [0.5, 0.6) is 0 Å². The first kappa shape index (κ1) is 15.7. The standard InChI is InChI=1S/C12H7BrN4O2S/c1-20(18,19)9-2-3-11(10(13)4-9)17-12(7-16)8(5-14)6-15/h2-4,17H,1H3. The molecule has 0 fully saturated rings. The number of anilines is 1. The van der Waals surface area contributed by atoms with E-state index in [4.69, 9.17) is 15.8 Å². The highest BCUT2D eigenvalue weighted by Crippen LogP contribution is 2.27. The van der Waals surface area contributed by atoms with Gasteiger partial charge < -0.3 is 5.32 Å². The Morgan fingerprint density at radius 2 is 1.80 bits per heavy atom. The van der Waals surface area contributed by atoms with E-state index in [9.17, 15) is 8.42 Å². The van der Waals surface area contributed by atoms with Gasteiger partial charge in [0, 0.05) is 10.7 Å². The molecule has 1 N–H and O–H groups in total. The second-order valence-electron chi connectivity index (χ2n) is 3.62. The van der Waals surface area contributed by atoms with E-state index < -0.39 is 9.84 Å². The van der Waals surface area contributed by atoms with Crippen LogP contribution < -0.4 is 5.32 Å². The van der Waals surface area contributed by atoms with E-state index in [1.54, 1.807) is 18.2 Å². The van der Waals surface area contributed by atoms with E-state index in [1.807, 2.05) is 0 Å². The van der Waals surface area contributed by atoms with E-state index in [-0.39, 0.29) is 16.2 Å². The summed E-state index contributed by atoms with van der Waals surface area (Å²) < 4.78 is 23.2. The minimum Gasteiger partial charge on any atom is -0.344 e. The Kier molecular flexibility index (Phi) is 4.88. The van der Waals surface area contributed by atoms with Crippen molar-refractivity contribution >= 4 is 31.5 Å². The Morgan fingerprint density at radius 1 is 1.20 bits per heavy atom. The summed E-state index contributed by atoms with van der Waals surface area (Å²) in [5.41, 5.74) is -0.189. The lowest BCUT2D eigenvalue weighted by Gasteiger charge is -2.08. The largest absolute Gasteiger partial charge is 0.344 e. The van der Waals surface area contributed by atoms with Gasteiger partial charge in [0.15, 0.2) is 15.4 Å². The van der Waals surface area contributed by atoms with Gasteiger partial charge in [0.25, 0.3) is 0 Å². The van der Waals surface area contributed by atoms with Gasteiger partial charge >= 0.3 is 0 Å². The van der Waals surface area contributed by atoms with Crippen LogP contribution in [0.2, 0.25) is 0 Å². The van der Waals surface area contributed by atoms with Crippen molar-refractivity contribution in [3.63, 3.8) is 0 Å². The predicted molar refractivity (Wildman–Crippen MR) is 74.7 cm³/mol. The van der Waals surface area contributed by atoms with Crippen LogP contribution in [0.3, 0.4) is 0 Å². The lowest BCUT2D eigenvalue weighted by atomic mass is 10.2. The summed E-state index contributed by atoms with van der Waals surface area (Å²) in [5, 5.41) is 28.9. The van der Waals surface area contributed by atoms with Gasteiger partial charge in [0.1, 0.15) is 23.9 Å². The quantitative estimate of drug-likeness (QED) is 0.833. The van der Waals surface area contributed by atoms with Crippen LogP contribution in [0.25, 0.3) is 0 Å². The zero-order valence-electron chi connectivity index (χ0n) is 10.2. The minimum absolute atomic E-state index is 0.109. The molecule has 0 bridgehead atoms.